The predicted octanol–water partition coefficient (Wildman–Crippen LogP) is 1.13. The molecule has 1 aromatic rings. The molecule has 0 radical (unpaired) electrons. The maximum Gasteiger partial charge on any atom is 0.306 e. The van der Waals surface area contributed by atoms with E-state index in [1.165, 1.54) is 0 Å². The Morgan fingerprint density at radius 1 is 1.81 bits per heavy atom. The van der Waals surface area contributed by atoms with Gasteiger partial charge in [0.15, 0.2) is 5.13 Å². The second-order valence-corrected chi connectivity index (χ2v) is 4.64. The number of thiazole rings is 1. The number of aryl methyl sites for hydroxylation is 1. The van der Waals surface area contributed by atoms with Crippen LogP contribution >= 0.6 is 11.3 Å². The number of aromatic nitrogens is 1. The van der Waals surface area contributed by atoms with Gasteiger partial charge in [-0.3, -0.25) is 4.79 Å². The molecule has 0 bridgehead atoms. The molecule has 2 heterocycles. The van der Waals surface area contributed by atoms with Gasteiger partial charge >= 0.3 is 5.97 Å². The van der Waals surface area contributed by atoms with E-state index in [0.717, 1.165) is 17.4 Å². The Bertz CT molecular complexity index is 380. The van der Waals surface area contributed by atoms with Gasteiger partial charge in [0, 0.05) is 18.5 Å². The number of hydrogen-bond donors (Lipinski definition) is 1. The summed E-state index contributed by atoms with van der Waals surface area (Å²) in [5.74, 6) is -0.817. The van der Waals surface area contributed by atoms with Crippen molar-refractivity contribution in [1.29, 1.82) is 0 Å². The molecule has 1 fully saturated rings. The number of ether oxygens (including phenoxy) is 1. The topological polar surface area (TPSA) is 62.7 Å². The SMILES string of the molecule is Cc1csc(N2CCOC(CC(=O)O)C2)n1. The number of carboxylic acid groups (broad SMARTS) is 1. The van der Waals surface area contributed by atoms with Gasteiger partial charge in [-0.05, 0) is 6.92 Å². The lowest BCUT2D eigenvalue weighted by atomic mass is 10.2. The third-order valence-electron chi connectivity index (χ3n) is 2.42. The van der Waals surface area contributed by atoms with Crippen LogP contribution in [0.5, 0.6) is 0 Å². The van der Waals surface area contributed by atoms with Crippen molar-refractivity contribution >= 4 is 22.4 Å². The number of morpholine rings is 1. The van der Waals surface area contributed by atoms with Crippen LogP contribution in [0.15, 0.2) is 5.38 Å². The average molecular weight is 242 g/mol. The fourth-order valence-corrected chi connectivity index (χ4v) is 2.54. The van der Waals surface area contributed by atoms with E-state index < -0.39 is 5.97 Å². The molecule has 0 aromatic carbocycles. The first kappa shape index (κ1) is 11.3. The zero-order valence-corrected chi connectivity index (χ0v) is 9.87. The molecule has 1 N–H and O–H groups in total. The number of hydrogen-bond acceptors (Lipinski definition) is 5. The number of carbonyl (C=O) groups is 1. The second kappa shape index (κ2) is 4.80. The van der Waals surface area contributed by atoms with E-state index in [4.69, 9.17) is 9.84 Å². The van der Waals surface area contributed by atoms with Crippen LogP contribution in [0.3, 0.4) is 0 Å². The van der Waals surface area contributed by atoms with E-state index in [1.54, 1.807) is 11.3 Å². The highest BCUT2D eigenvalue weighted by Gasteiger charge is 2.24. The van der Waals surface area contributed by atoms with Crippen molar-refractivity contribution in [2.45, 2.75) is 19.4 Å². The molecule has 0 saturated carbocycles. The van der Waals surface area contributed by atoms with Gasteiger partial charge in [-0.1, -0.05) is 0 Å². The van der Waals surface area contributed by atoms with Gasteiger partial charge < -0.3 is 14.7 Å². The largest absolute Gasteiger partial charge is 0.481 e. The number of aliphatic carboxylic acids is 1. The normalized spacial score (nSPS) is 21.1. The molecule has 1 atom stereocenters. The van der Waals surface area contributed by atoms with Crippen molar-refractivity contribution < 1.29 is 14.6 Å². The highest BCUT2D eigenvalue weighted by molar-refractivity contribution is 7.13. The molecule has 2 rings (SSSR count). The van der Waals surface area contributed by atoms with Gasteiger partial charge in [-0.2, -0.15) is 0 Å². The van der Waals surface area contributed by atoms with Crippen LogP contribution < -0.4 is 4.90 Å². The minimum atomic E-state index is -0.817. The van der Waals surface area contributed by atoms with Gasteiger partial charge in [-0.15, -0.1) is 11.3 Å². The van der Waals surface area contributed by atoms with Crippen LogP contribution in [0.1, 0.15) is 12.1 Å². The molecule has 1 unspecified atom stereocenters. The molecule has 1 aliphatic rings. The van der Waals surface area contributed by atoms with E-state index >= 15 is 0 Å². The molecular formula is C10H14N2O3S. The highest BCUT2D eigenvalue weighted by atomic mass is 32.1. The van der Waals surface area contributed by atoms with Gasteiger partial charge in [0.25, 0.3) is 0 Å². The summed E-state index contributed by atoms with van der Waals surface area (Å²) in [7, 11) is 0. The lowest BCUT2D eigenvalue weighted by Gasteiger charge is -2.31. The lowest BCUT2D eigenvalue weighted by molar-refractivity contribution is -0.140. The maximum absolute atomic E-state index is 10.6. The third kappa shape index (κ3) is 2.70. The molecule has 0 amide bonds. The Morgan fingerprint density at radius 3 is 3.25 bits per heavy atom. The summed E-state index contributed by atoms with van der Waals surface area (Å²) in [4.78, 5) is 17.1. The van der Waals surface area contributed by atoms with Crippen molar-refractivity contribution in [2.24, 2.45) is 0 Å². The first-order chi connectivity index (χ1) is 7.65. The van der Waals surface area contributed by atoms with E-state index in [0.29, 0.717) is 13.2 Å². The molecule has 16 heavy (non-hydrogen) atoms. The number of rotatable bonds is 3. The Balaban J connectivity index is 1.99. The van der Waals surface area contributed by atoms with E-state index in [-0.39, 0.29) is 12.5 Å². The predicted molar refractivity (Wildman–Crippen MR) is 61.1 cm³/mol. The Morgan fingerprint density at radius 2 is 2.62 bits per heavy atom. The molecule has 1 saturated heterocycles. The van der Waals surface area contributed by atoms with Crippen LogP contribution in [0.2, 0.25) is 0 Å². The molecule has 1 aliphatic heterocycles. The fraction of sp³-hybridized carbons (Fsp3) is 0.600. The number of carboxylic acids is 1. The summed E-state index contributed by atoms with van der Waals surface area (Å²) in [5, 5.41) is 11.7. The van der Waals surface area contributed by atoms with Crippen molar-refractivity contribution in [3.8, 4) is 0 Å². The summed E-state index contributed by atoms with van der Waals surface area (Å²) in [5.41, 5.74) is 1.00. The molecule has 5 nitrogen and oxygen atoms in total. The average Bonchev–Trinajstić information content (AvgIpc) is 2.64. The van der Waals surface area contributed by atoms with Crippen LogP contribution in [0, 0.1) is 6.92 Å². The van der Waals surface area contributed by atoms with Crippen molar-refractivity contribution in [3.63, 3.8) is 0 Å². The highest BCUT2D eigenvalue weighted by Crippen LogP contribution is 2.22. The zero-order chi connectivity index (χ0) is 11.5. The van der Waals surface area contributed by atoms with Crippen molar-refractivity contribution in [3.05, 3.63) is 11.1 Å². The van der Waals surface area contributed by atoms with E-state index in [2.05, 4.69) is 9.88 Å². The summed E-state index contributed by atoms with van der Waals surface area (Å²) >= 11 is 1.59. The minimum absolute atomic E-state index is 0.0564. The van der Waals surface area contributed by atoms with Gasteiger partial charge in [0.1, 0.15) is 0 Å². The van der Waals surface area contributed by atoms with Crippen LogP contribution in [-0.2, 0) is 9.53 Å². The Kier molecular flexibility index (Phi) is 3.40. The zero-order valence-electron chi connectivity index (χ0n) is 9.05. The standard InChI is InChI=1S/C10H14N2O3S/c1-7-6-16-10(11-7)12-2-3-15-8(5-12)4-9(13)14/h6,8H,2-5H2,1H3,(H,13,14). The van der Waals surface area contributed by atoms with Gasteiger partial charge in [0.05, 0.1) is 24.8 Å². The summed E-state index contributed by atoms with van der Waals surface area (Å²) in [6, 6.07) is 0. The fourth-order valence-electron chi connectivity index (χ4n) is 1.70. The van der Waals surface area contributed by atoms with Crippen LogP contribution in [0.4, 0.5) is 5.13 Å². The van der Waals surface area contributed by atoms with Crippen molar-refractivity contribution in [1.82, 2.24) is 4.98 Å². The van der Waals surface area contributed by atoms with E-state index in [1.807, 2.05) is 12.3 Å². The first-order valence-corrected chi connectivity index (χ1v) is 6.03. The summed E-state index contributed by atoms with van der Waals surface area (Å²) < 4.78 is 5.40. The molecule has 6 heteroatoms. The first-order valence-electron chi connectivity index (χ1n) is 5.15. The van der Waals surface area contributed by atoms with Gasteiger partial charge in [0.2, 0.25) is 0 Å². The Hall–Kier alpha value is -1.14. The summed E-state index contributed by atoms with van der Waals surface area (Å²) in [6.07, 6.45) is -0.170. The molecular weight excluding hydrogens is 228 g/mol. The maximum atomic E-state index is 10.6. The molecule has 0 spiro atoms. The third-order valence-corrected chi connectivity index (χ3v) is 3.44. The number of anilines is 1. The smallest absolute Gasteiger partial charge is 0.306 e. The molecule has 0 aliphatic carbocycles. The second-order valence-electron chi connectivity index (χ2n) is 3.81. The minimum Gasteiger partial charge on any atom is -0.481 e. The van der Waals surface area contributed by atoms with Crippen LogP contribution in [-0.4, -0.2) is 41.9 Å². The van der Waals surface area contributed by atoms with Crippen LogP contribution in [0.25, 0.3) is 0 Å². The summed E-state index contributed by atoms with van der Waals surface area (Å²) in [6.45, 7) is 3.91. The van der Waals surface area contributed by atoms with Gasteiger partial charge in [-0.25, -0.2) is 4.98 Å². The monoisotopic (exact) mass is 242 g/mol. The van der Waals surface area contributed by atoms with Crippen molar-refractivity contribution in [2.75, 3.05) is 24.6 Å². The lowest BCUT2D eigenvalue weighted by Crippen LogP contribution is -2.43. The molecule has 1 aromatic heterocycles. The molecule has 88 valence electrons. The Labute approximate surface area is 97.7 Å². The number of nitrogens with zero attached hydrogens (tertiary/aromatic N) is 2. The quantitative estimate of drug-likeness (QED) is 0.861. The van der Waals surface area contributed by atoms with E-state index in [9.17, 15) is 4.79 Å².